The third kappa shape index (κ3) is 3.26. The van der Waals surface area contributed by atoms with Gasteiger partial charge in [-0.25, -0.2) is 0 Å². The summed E-state index contributed by atoms with van der Waals surface area (Å²) in [7, 11) is 0. The zero-order valence-electron chi connectivity index (χ0n) is 19.8. The Labute approximate surface area is 179 Å². The van der Waals surface area contributed by atoms with Gasteiger partial charge in [-0.05, 0) is 79.4 Å². The molecule has 0 bridgehead atoms. The Morgan fingerprint density at radius 2 is 1.69 bits per heavy atom. The summed E-state index contributed by atoms with van der Waals surface area (Å²) in [6.45, 7) is 12.1. The average molecular weight is 403 g/mol. The highest BCUT2D eigenvalue weighted by Gasteiger charge is 2.66. The normalized spacial score (nSPS) is 48.2. The van der Waals surface area contributed by atoms with E-state index in [1.165, 1.54) is 51.4 Å². The van der Waals surface area contributed by atoms with Crippen molar-refractivity contribution in [1.82, 2.24) is 0 Å². The zero-order chi connectivity index (χ0) is 21.0. The first-order valence-corrected chi connectivity index (χ1v) is 12.9. The molecule has 8 atom stereocenters. The molecule has 4 aliphatic rings. The topological polar surface area (TPSA) is 37.3 Å². The fraction of sp³-hybridized carbons (Fsp3) is 0.963. The van der Waals surface area contributed by atoms with Gasteiger partial charge in [-0.3, -0.25) is 4.79 Å². The molecule has 166 valence electrons. The highest BCUT2D eigenvalue weighted by molar-refractivity contribution is 5.89. The van der Waals surface area contributed by atoms with E-state index >= 15 is 0 Å². The second kappa shape index (κ2) is 7.64. The first-order chi connectivity index (χ1) is 13.6. The van der Waals surface area contributed by atoms with Crippen LogP contribution in [-0.4, -0.2) is 16.5 Å². The van der Waals surface area contributed by atoms with Gasteiger partial charge >= 0.3 is 0 Å². The zero-order valence-corrected chi connectivity index (χ0v) is 19.8. The van der Waals surface area contributed by atoms with Crippen molar-refractivity contribution in [3.8, 4) is 0 Å². The summed E-state index contributed by atoms with van der Waals surface area (Å²) in [5, 5.41) is 11.5. The molecule has 4 aliphatic carbocycles. The molecular weight excluding hydrogens is 356 g/mol. The highest BCUT2D eigenvalue weighted by atomic mass is 16.3. The lowest BCUT2D eigenvalue weighted by Gasteiger charge is -2.62. The highest BCUT2D eigenvalue weighted by Crippen LogP contribution is 2.68. The van der Waals surface area contributed by atoms with E-state index < -0.39 is 5.60 Å². The van der Waals surface area contributed by atoms with Crippen molar-refractivity contribution >= 4 is 5.78 Å². The Kier molecular flexibility index (Phi) is 5.76. The van der Waals surface area contributed by atoms with E-state index in [0.717, 1.165) is 30.6 Å². The van der Waals surface area contributed by atoms with Crippen LogP contribution in [0.1, 0.15) is 112 Å². The van der Waals surface area contributed by atoms with Gasteiger partial charge in [-0.2, -0.15) is 0 Å². The molecule has 2 heteroatoms. The minimum Gasteiger partial charge on any atom is -0.381 e. The first-order valence-electron chi connectivity index (χ1n) is 12.9. The van der Waals surface area contributed by atoms with Crippen molar-refractivity contribution in [2.75, 3.05) is 0 Å². The van der Waals surface area contributed by atoms with Crippen LogP contribution >= 0.6 is 0 Å². The Morgan fingerprint density at radius 1 is 0.966 bits per heavy atom. The summed E-state index contributed by atoms with van der Waals surface area (Å²) < 4.78 is 0. The monoisotopic (exact) mass is 402 g/mol. The number of Topliss-reactive ketones (excluding diaryl/α,β-unsaturated/α-hetero) is 1. The summed E-state index contributed by atoms with van der Waals surface area (Å²) in [4.78, 5) is 13.3. The van der Waals surface area contributed by atoms with Crippen molar-refractivity contribution in [2.24, 2.45) is 46.3 Å². The van der Waals surface area contributed by atoms with Crippen molar-refractivity contribution in [3.05, 3.63) is 0 Å². The minimum absolute atomic E-state index is 0.173. The number of carbonyl (C=O) groups is 1. The Morgan fingerprint density at radius 3 is 2.41 bits per heavy atom. The van der Waals surface area contributed by atoms with Crippen LogP contribution in [-0.2, 0) is 4.79 Å². The van der Waals surface area contributed by atoms with Crippen molar-refractivity contribution in [1.29, 1.82) is 0 Å². The van der Waals surface area contributed by atoms with Crippen molar-refractivity contribution in [2.45, 2.75) is 117 Å². The number of hydrogen-bond acceptors (Lipinski definition) is 2. The molecule has 0 radical (unpaired) electrons. The van der Waals surface area contributed by atoms with E-state index in [9.17, 15) is 9.90 Å². The van der Waals surface area contributed by atoms with Crippen LogP contribution in [0.15, 0.2) is 0 Å². The van der Waals surface area contributed by atoms with Gasteiger partial charge in [0.05, 0.1) is 0 Å². The SMILES string of the molecule is CC(C)CCC[C@@H](C)[C@H]1CC[C@H]2[C@H]3CC(=O)[C@@]4(O)CCCC[C@]4(C)[C@H]3CC[C@]12C. The van der Waals surface area contributed by atoms with E-state index in [0.29, 0.717) is 36.0 Å². The van der Waals surface area contributed by atoms with E-state index in [1.807, 2.05) is 0 Å². The smallest absolute Gasteiger partial charge is 0.165 e. The fourth-order valence-corrected chi connectivity index (χ4v) is 9.09. The molecule has 1 N–H and O–H groups in total. The van der Waals surface area contributed by atoms with E-state index in [2.05, 4.69) is 34.6 Å². The largest absolute Gasteiger partial charge is 0.381 e. The van der Waals surface area contributed by atoms with E-state index in [-0.39, 0.29) is 11.2 Å². The number of fused-ring (bicyclic) bond motifs is 5. The lowest BCUT2D eigenvalue weighted by Crippen LogP contribution is -2.65. The van der Waals surface area contributed by atoms with Gasteiger partial charge in [-0.15, -0.1) is 0 Å². The lowest BCUT2D eigenvalue weighted by atomic mass is 9.43. The summed E-state index contributed by atoms with van der Waals surface area (Å²) in [5.74, 6) is 4.42. The maximum absolute atomic E-state index is 13.3. The molecule has 0 aromatic carbocycles. The van der Waals surface area contributed by atoms with Crippen LogP contribution in [0.5, 0.6) is 0 Å². The summed E-state index contributed by atoms with van der Waals surface area (Å²) in [6.07, 6.45) is 14.0. The third-order valence-corrected chi connectivity index (χ3v) is 10.8. The Hall–Kier alpha value is -0.370. The van der Waals surface area contributed by atoms with Gasteiger partial charge in [0.2, 0.25) is 0 Å². The van der Waals surface area contributed by atoms with Gasteiger partial charge in [0, 0.05) is 11.8 Å². The summed E-state index contributed by atoms with van der Waals surface area (Å²) >= 11 is 0. The Balaban J connectivity index is 1.53. The summed E-state index contributed by atoms with van der Waals surface area (Å²) in [6, 6.07) is 0. The average Bonchev–Trinajstić information content (AvgIpc) is 3.01. The number of ketones is 1. The van der Waals surface area contributed by atoms with Crippen molar-refractivity contribution < 1.29 is 9.90 Å². The lowest BCUT2D eigenvalue weighted by molar-refractivity contribution is -0.203. The number of aliphatic hydroxyl groups is 1. The third-order valence-electron chi connectivity index (χ3n) is 10.8. The van der Waals surface area contributed by atoms with Crippen molar-refractivity contribution in [3.63, 3.8) is 0 Å². The van der Waals surface area contributed by atoms with Gasteiger partial charge in [-0.1, -0.05) is 66.7 Å². The molecule has 4 saturated carbocycles. The van der Waals surface area contributed by atoms with Crippen LogP contribution in [0.25, 0.3) is 0 Å². The summed E-state index contributed by atoms with van der Waals surface area (Å²) in [5.41, 5.74) is -0.783. The molecule has 0 amide bonds. The maximum atomic E-state index is 13.3. The molecule has 0 aliphatic heterocycles. The van der Waals surface area contributed by atoms with Crippen LogP contribution < -0.4 is 0 Å². The van der Waals surface area contributed by atoms with E-state index in [1.54, 1.807) is 0 Å². The van der Waals surface area contributed by atoms with E-state index in [4.69, 9.17) is 0 Å². The van der Waals surface area contributed by atoms with Gasteiger partial charge < -0.3 is 5.11 Å². The standard InChI is InChI=1S/C27H46O2/c1-18(2)9-8-10-19(3)21-11-12-22-20-17-24(28)27(29)15-7-6-14-26(27,5)23(20)13-16-25(21,22)4/h18-23,29H,6-17H2,1-5H3/t19-,20-,21-,22+,23+,25-,26-,27+/m1/s1. The molecule has 0 saturated heterocycles. The predicted octanol–water partition coefficient (Wildman–Crippen LogP) is 6.79. The van der Waals surface area contributed by atoms with Gasteiger partial charge in [0.15, 0.2) is 5.78 Å². The number of rotatable bonds is 5. The molecule has 2 nitrogen and oxygen atoms in total. The van der Waals surface area contributed by atoms with Crippen LogP contribution in [0.3, 0.4) is 0 Å². The second-order valence-corrected chi connectivity index (χ2v) is 12.5. The van der Waals surface area contributed by atoms with Crippen LogP contribution in [0, 0.1) is 46.3 Å². The maximum Gasteiger partial charge on any atom is 0.165 e. The molecular formula is C27H46O2. The molecule has 0 aromatic heterocycles. The first kappa shape index (κ1) is 21.8. The molecule has 29 heavy (non-hydrogen) atoms. The Bertz CT molecular complexity index is 626. The quantitative estimate of drug-likeness (QED) is 0.549. The van der Waals surface area contributed by atoms with Crippen LogP contribution in [0.4, 0.5) is 0 Å². The second-order valence-electron chi connectivity index (χ2n) is 12.5. The van der Waals surface area contributed by atoms with Crippen LogP contribution in [0.2, 0.25) is 0 Å². The number of hydrogen-bond donors (Lipinski definition) is 1. The molecule has 0 aromatic rings. The number of carbonyl (C=O) groups excluding carboxylic acids is 1. The fourth-order valence-electron chi connectivity index (χ4n) is 9.09. The predicted molar refractivity (Wildman–Crippen MR) is 120 cm³/mol. The molecule has 0 spiro atoms. The molecule has 0 heterocycles. The van der Waals surface area contributed by atoms with Gasteiger partial charge in [0.1, 0.15) is 5.60 Å². The molecule has 4 fully saturated rings. The van der Waals surface area contributed by atoms with Gasteiger partial charge in [0.25, 0.3) is 0 Å². The minimum atomic E-state index is -1.03. The molecule has 0 unspecified atom stereocenters. The molecule has 4 rings (SSSR count).